The summed E-state index contributed by atoms with van der Waals surface area (Å²) >= 11 is 11.6. The van der Waals surface area contributed by atoms with Crippen LogP contribution in [0.15, 0.2) is 29.3 Å². The summed E-state index contributed by atoms with van der Waals surface area (Å²) in [5, 5.41) is 7.07. The van der Waals surface area contributed by atoms with E-state index in [2.05, 4.69) is 14.9 Å². The molecule has 0 spiro atoms. The lowest BCUT2D eigenvalue weighted by Gasteiger charge is -2.07. The Balaban J connectivity index is 2.18. The van der Waals surface area contributed by atoms with Crippen LogP contribution in [0.2, 0.25) is 10.0 Å². The second-order valence-electron chi connectivity index (χ2n) is 3.92. The van der Waals surface area contributed by atoms with E-state index >= 15 is 0 Å². The van der Waals surface area contributed by atoms with Crippen molar-refractivity contribution >= 4 is 33.2 Å². The van der Waals surface area contributed by atoms with Gasteiger partial charge >= 0.3 is 0 Å². The van der Waals surface area contributed by atoms with Crippen molar-refractivity contribution in [1.82, 2.24) is 14.9 Å². The average molecular weight is 320 g/mol. The molecule has 0 radical (unpaired) electrons. The summed E-state index contributed by atoms with van der Waals surface area (Å²) in [4.78, 5) is 0.0723. The number of nitrogens with one attached hydrogen (secondary N) is 2. The molecule has 1 heterocycles. The molecule has 0 aliphatic carbocycles. The predicted octanol–water partition coefficient (Wildman–Crippen LogP) is 2.50. The van der Waals surface area contributed by atoms with Crippen molar-refractivity contribution in [2.24, 2.45) is 0 Å². The van der Waals surface area contributed by atoms with E-state index in [0.717, 1.165) is 11.3 Å². The number of H-pyrrole nitrogens is 1. The van der Waals surface area contributed by atoms with Crippen molar-refractivity contribution in [3.63, 3.8) is 0 Å². The molecule has 19 heavy (non-hydrogen) atoms. The van der Waals surface area contributed by atoms with Crippen molar-refractivity contribution < 1.29 is 8.42 Å². The Kier molecular flexibility index (Phi) is 4.15. The first-order valence-corrected chi connectivity index (χ1v) is 7.57. The van der Waals surface area contributed by atoms with Crippen LogP contribution in [0, 0.1) is 6.92 Å². The molecule has 0 saturated carbocycles. The van der Waals surface area contributed by atoms with E-state index in [-0.39, 0.29) is 16.5 Å². The molecule has 0 fully saturated rings. The third-order valence-corrected chi connectivity index (χ3v) is 4.73. The minimum atomic E-state index is -3.63. The predicted molar refractivity (Wildman–Crippen MR) is 73.8 cm³/mol. The summed E-state index contributed by atoms with van der Waals surface area (Å²) in [5.74, 6) is 0. The normalized spacial score (nSPS) is 11.7. The molecule has 0 saturated heterocycles. The van der Waals surface area contributed by atoms with Crippen LogP contribution in [0.1, 0.15) is 11.3 Å². The number of halogens is 2. The zero-order chi connectivity index (χ0) is 14.0. The lowest BCUT2D eigenvalue weighted by Crippen LogP contribution is -2.23. The second-order valence-corrected chi connectivity index (χ2v) is 6.50. The van der Waals surface area contributed by atoms with Crippen LogP contribution < -0.4 is 4.72 Å². The summed E-state index contributed by atoms with van der Waals surface area (Å²) in [6.45, 7) is 1.97. The monoisotopic (exact) mass is 319 g/mol. The van der Waals surface area contributed by atoms with Crippen molar-refractivity contribution in [2.75, 3.05) is 0 Å². The van der Waals surface area contributed by atoms with Gasteiger partial charge in [-0.1, -0.05) is 23.2 Å². The first kappa shape index (κ1) is 14.3. The minimum absolute atomic E-state index is 0.0723. The molecule has 0 aliphatic heterocycles. The first-order valence-electron chi connectivity index (χ1n) is 5.34. The number of benzene rings is 1. The highest BCUT2D eigenvalue weighted by Gasteiger charge is 2.15. The topological polar surface area (TPSA) is 74.8 Å². The highest BCUT2D eigenvalue weighted by molar-refractivity contribution is 7.89. The molecule has 0 amide bonds. The van der Waals surface area contributed by atoms with Gasteiger partial charge in [0, 0.05) is 17.8 Å². The molecule has 5 nitrogen and oxygen atoms in total. The molecule has 0 bridgehead atoms. The van der Waals surface area contributed by atoms with E-state index < -0.39 is 10.0 Å². The van der Waals surface area contributed by atoms with E-state index in [1.165, 1.54) is 18.2 Å². The number of hydrogen-bond acceptors (Lipinski definition) is 3. The Morgan fingerprint density at radius 1 is 1.32 bits per heavy atom. The Morgan fingerprint density at radius 2 is 2.05 bits per heavy atom. The van der Waals surface area contributed by atoms with Crippen LogP contribution >= 0.6 is 23.2 Å². The standard InChI is InChI=1S/C11H11Cl2N3O2S/c1-7-8(5-14-16-7)6-15-19(17,18)9-2-3-10(12)11(13)4-9/h2-5,15H,6H2,1H3,(H,14,16). The van der Waals surface area contributed by atoms with Crippen LogP contribution in [0.4, 0.5) is 0 Å². The molecule has 8 heteroatoms. The maximum atomic E-state index is 12.1. The Bertz CT molecular complexity index is 698. The van der Waals surface area contributed by atoms with Crippen LogP contribution in [-0.2, 0) is 16.6 Å². The van der Waals surface area contributed by atoms with Gasteiger partial charge in [0.2, 0.25) is 10.0 Å². The maximum Gasteiger partial charge on any atom is 0.240 e. The minimum Gasteiger partial charge on any atom is -0.283 e. The van der Waals surface area contributed by atoms with Crippen LogP contribution in [0.5, 0.6) is 0 Å². The van der Waals surface area contributed by atoms with Gasteiger partial charge in [0.15, 0.2) is 0 Å². The molecule has 2 rings (SSSR count). The molecular weight excluding hydrogens is 309 g/mol. The van der Waals surface area contributed by atoms with Gasteiger partial charge in [-0.3, -0.25) is 5.10 Å². The fraction of sp³-hybridized carbons (Fsp3) is 0.182. The van der Waals surface area contributed by atoms with E-state index in [9.17, 15) is 8.42 Å². The van der Waals surface area contributed by atoms with Gasteiger partial charge in [-0.25, -0.2) is 13.1 Å². The largest absolute Gasteiger partial charge is 0.283 e. The average Bonchev–Trinajstić information content (AvgIpc) is 2.76. The fourth-order valence-electron chi connectivity index (χ4n) is 1.45. The summed E-state index contributed by atoms with van der Waals surface area (Å²) in [5.41, 5.74) is 1.60. The Labute approximate surface area is 121 Å². The smallest absolute Gasteiger partial charge is 0.240 e. The zero-order valence-corrected chi connectivity index (χ0v) is 12.3. The number of rotatable bonds is 4. The molecule has 0 aliphatic rings. The number of nitrogens with zero attached hydrogens (tertiary/aromatic N) is 1. The highest BCUT2D eigenvalue weighted by Crippen LogP contribution is 2.24. The molecule has 1 aromatic heterocycles. The third kappa shape index (κ3) is 3.27. The lowest BCUT2D eigenvalue weighted by molar-refractivity contribution is 0.581. The van der Waals surface area contributed by atoms with E-state index in [1.807, 2.05) is 6.92 Å². The third-order valence-electron chi connectivity index (χ3n) is 2.59. The molecule has 0 unspecified atom stereocenters. The van der Waals surface area contributed by atoms with Crippen molar-refractivity contribution in [2.45, 2.75) is 18.4 Å². The molecule has 0 atom stereocenters. The van der Waals surface area contributed by atoms with Gasteiger partial charge in [-0.05, 0) is 25.1 Å². The Hall–Kier alpha value is -1.08. The van der Waals surface area contributed by atoms with Crippen molar-refractivity contribution in [3.05, 3.63) is 45.7 Å². The van der Waals surface area contributed by atoms with E-state index in [0.29, 0.717) is 5.02 Å². The van der Waals surface area contributed by atoms with E-state index in [4.69, 9.17) is 23.2 Å². The molecule has 2 N–H and O–H groups in total. The maximum absolute atomic E-state index is 12.1. The van der Waals surface area contributed by atoms with Crippen molar-refractivity contribution in [1.29, 1.82) is 0 Å². The highest BCUT2D eigenvalue weighted by atomic mass is 35.5. The van der Waals surface area contributed by atoms with Gasteiger partial charge in [0.05, 0.1) is 21.1 Å². The number of aryl methyl sites for hydroxylation is 1. The van der Waals surface area contributed by atoms with Crippen LogP contribution in [0.3, 0.4) is 0 Å². The quantitative estimate of drug-likeness (QED) is 0.909. The van der Waals surface area contributed by atoms with Crippen LogP contribution in [-0.4, -0.2) is 18.6 Å². The van der Waals surface area contributed by atoms with Gasteiger partial charge in [-0.15, -0.1) is 0 Å². The van der Waals surface area contributed by atoms with E-state index in [1.54, 1.807) is 6.20 Å². The number of aromatic amines is 1. The van der Waals surface area contributed by atoms with Crippen LogP contribution in [0.25, 0.3) is 0 Å². The van der Waals surface area contributed by atoms with Gasteiger partial charge < -0.3 is 0 Å². The molecule has 2 aromatic rings. The second kappa shape index (κ2) is 5.50. The molecule has 102 valence electrons. The first-order chi connectivity index (χ1) is 8.90. The van der Waals surface area contributed by atoms with Gasteiger partial charge in [0.25, 0.3) is 0 Å². The lowest BCUT2D eigenvalue weighted by atomic mass is 10.3. The van der Waals surface area contributed by atoms with Gasteiger partial charge in [-0.2, -0.15) is 5.10 Å². The number of aromatic nitrogens is 2. The zero-order valence-electron chi connectivity index (χ0n) is 9.94. The Morgan fingerprint density at radius 3 is 2.63 bits per heavy atom. The summed E-state index contributed by atoms with van der Waals surface area (Å²) in [6, 6.07) is 4.16. The summed E-state index contributed by atoms with van der Waals surface area (Å²) < 4.78 is 26.6. The summed E-state index contributed by atoms with van der Waals surface area (Å²) in [6.07, 6.45) is 1.58. The number of hydrogen-bond donors (Lipinski definition) is 2. The SMILES string of the molecule is Cc1[nH]ncc1CNS(=O)(=O)c1ccc(Cl)c(Cl)c1. The number of sulfonamides is 1. The fourth-order valence-corrected chi connectivity index (χ4v) is 2.85. The summed E-state index contributed by atoms with van der Waals surface area (Å²) in [7, 11) is -3.63. The molecular formula is C11H11Cl2N3O2S. The van der Waals surface area contributed by atoms with Gasteiger partial charge in [0.1, 0.15) is 0 Å². The molecule has 1 aromatic carbocycles. The van der Waals surface area contributed by atoms with Crippen molar-refractivity contribution in [3.8, 4) is 0 Å².